The van der Waals surface area contributed by atoms with E-state index in [-0.39, 0.29) is 37.5 Å². The van der Waals surface area contributed by atoms with Crippen LogP contribution >= 0.6 is 0 Å². The van der Waals surface area contributed by atoms with Gasteiger partial charge in [-0.1, -0.05) is 55.8 Å². The van der Waals surface area contributed by atoms with Crippen molar-refractivity contribution in [2.24, 2.45) is 0 Å². The number of nitrogens with two attached hydrogens (primary N) is 1. The van der Waals surface area contributed by atoms with Gasteiger partial charge in [0.25, 0.3) is 5.91 Å². The fourth-order valence-electron chi connectivity index (χ4n) is 4.80. The number of hydrogen-bond donors (Lipinski definition) is 7. The minimum atomic E-state index is -1.21. The maximum atomic E-state index is 12.7. The van der Waals surface area contributed by atoms with Crippen LogP contribution in [0.25, 0.3) is 11.2 Å². The van der Waals surface area contributed by atoms with Gasteiger partial charge in [-0.2, -0.15) is 9.97 Å². The number of fused-ring (bicyclic) bond motifs is 1. The van der Waals surface area contributed by atoms with Crippen molar-refractivity contribution in [1.29, 1.82) is 0 Å². The zero-order chi connectivity index (χ0) is 35.2. The summed E-state index contributed by atoms with van der Waals surface area (Å²) in [6.45, 7) is 2.87. The SMILES string of the molecule is CCCCNc1nc(N)c2[nH]c(=O)n(Cc3ccc(C(=O)NCC(=O)NC(CCCCNC(=O)OCc4ccccc4)C(=O)O)cc3)c2n1. The Morgan fingerprint density at radius 2 is 1.71 bits per heavy atom. The number of aliphatic carboxylic acids is 1. The van der Waals surface area contributed by atoms with Gasteiger partial charge in [0, 0.05) is 18.7 Å². The highest BCUT2D eigenvalue weighted by Crippen LogP contribution is 2.18. The number of nitrogens with one attached hydrogen (secondary N) is 5. The van der Waals surface area contributed by atoms with Crippen molar-refractivity contribution in [3.05, 3.63) is 81.8 Å². The quantitative estimate of drug-likeness (QED) is 0.0756. The molecule has 1 atom stereocenters. The lowest BCUT2D eigenvalue weighted by molar-refractivity contribution is -0.141. The fraction of sp³-hybridized carbons (Fsp3) is 0.364. The van der Waals surface area contributed by atoms with Crippen LogP contribution in [0.3, 0.4) is 0 Å². The van der Waals surface area contributed by atoms with Crippen molar-refractivity contribution in [1.82, 2.24) is 35.5 Å². The first-order valence-corrected chi connectivity index (χ1v) is 16.0. The number of amides is 3. The Labute approximate surface area is 281 Å². The number of anilines is 2. The highest BCUT2D eigenvalue weighted by atomic mass is 16.5. The molecule has 0 saturated heterocycles. The number of aromatic amines is 1. The number of hydrogen-bond acceptors (Lipinski definition) is 10. The van der Waals surface area contributed by atoms with Crippen molar-refractivity contribution < 1.29 is 29.0 Å². The lowest BCUT2D eigenvalue weighted by atomic mass is 10.1. The third-order valence-electron chi connectivity index (χ3n) is 7.47. The van der Waals surface area contributed by atoms with E-state index < -0.39 is 42.2 Å². The van der Waals surface area contributed by atoms with Crippen molar-refractivity contribution in [3.63, 3.8) is 0 Å². The van der Waals surface area contributed by atoms with Crippen LogP contribution in [0.2, 0.25) is 0 Å². The van der Waals surface area contributed by atoms with Crippen LogP contribution in [0.1, 0.15) is 60.5 Å². The summed E-state index contributed by atoms with van der Waals surface area (Å²) in [6.07, 6.45) is 2.35. The number of aromatic nitrogens is 4. The smallest absolute Gasteiger partial charge is 0.407 e. The Bertz CT molecular complexity index is 1790. The fourth-order valence-corrected chi connectivity index (χ4v) is 4.80. The zero-order valence-electron chi connectivity index (χ0n) is 27.2. The number of imidazole rings is 1. The molecule has 260 valence electrons. The van der Waals surface area contributed by atoms with E-state index in [2.05, 4.69) is 43.1 Å². The lowest BCUT2D eigenvalue weighted by Crippen LogP contribution is -2.45. The predicted octanol–water partition coefficient (Wildman–Crippen LogP) is 2.36. The molecule has 0 fully saturated rings. The molecule has 0 bridgehead atoms. The van der Waals surface area contributed by atoms with Gasteiger partial charge < -0.3 is 41.8 Å². The standard InChI is InChI=1S/C33H41N9O7/c1-2-3-16-35-31-40-27(34)26-28(41-31)42(32(47)39-26)19-21-12-14-23(15-13-21)29(44)37-18-25(43)38-24(30(45)46)11-7-8-17-36-33(48)49-20-22-9-5-4-6-10-22/h4-6,9-10,12-15,24H,2-3,7-8,11,16-20H2,1H3,(H,36,48)(H,37,44)(H,38,43)(H,39,47)(H,45,46)(H3,34,35,40,41). The zero-order valence-corrected chi connectivity index (χ0v) is 27.2. The van der Waals surface area contributed by atoms with E-state index in [9.17, 15) is 29.1 Å². The van der Waals surface area contributed by atoms with Crippen LogP contribution in [0.4, 0.5) is 16.6 Å². The molecule has 49 heavy (non-hydrogen) atoms. The van der Waals surface area contributed by atoms with Crippen LogP contribution in [0, 0.1) is 0 Å². The molecule has 0 aliphatic carbocycles. The number of rotatable bonds is 18. The molecule has 0 aliphatic rings. The monoisotopic (exact) mass is 675 g/mol. The van der Waals surface area contributed by atoms with Crippen molar-refractivity contribution in [2.45, 2.75) is 58.2 Å². The largest absolute Gasteiger partial charge is 0.480 e. The summed E-state index contributed by atoms with van der Waals surface area (Å²) in [4.78, 5) is 72.7. The summed E-state index contributed by atoms with van der Waals surface area (Å²) in [5.41, 5.74) is 8.15. The molecule has 8 N–H and O–H groups in total. The van der Waals surface area contributed by atoms with Gasteiger partial charge in [0.1, 0.15) is 18.2 Å². The predicted molar refractivity (Wildman–Crippen MR) is 182 cm³/mol. The molecule has 2 aromatic carbocycles. The van der Waals surface area contributed by atoms with Crippen LogP contribution in [-0.2, 0) is 27.5 Å². The van der Waals surface area contributed by atoms with Crippen LogP contribution in [-0.4, -0.2) is 74.2 Å². The molecule has 1 unspecified atom stereocenters. The van der Waals surface area contributed by atoms with E-state index in [4.69, 9.17) is 10.5 Å². The lowest BCUT2D eigenvalue weighted by Gasteiger charge is -2.15. The Kier molecular flexibility index (Phi) is 13.1. The second-order valence-electron chi connectivity index (χ2n) is 11.2. The molecule has 2 aromatic heterocycles. The number of alkyl carbamates (subject to hydrolysis) is 1. The number of nitrogens with zero attached hydrogens (tertiary/aromatic N) is 3. The molecule has 3 amide bonds. The Hall–Kier alpha value is -5.93. The van der Waals surface area contributed by atoms with E-state index in [1.54, 1.807) is 24.3 Å². The van der Waals surface area contributed by atoms with Crippen LogP contribution in [0.5, 0.6) is 0 Å². The summed E-state index contributed by atoms with van der Waals surface area (Å²) >= 11 is 0. The number of benzene rings is 2. The second-order valence-corrected chi connectivity index (χ2v) is 11.2. The molecule has 0 aliphatic heterocycles. The summed E-state index contributed by atoms with van der Waals surface area (Å²) in [6, 6.07) is 14.5. The molecule has 16 heteroatoms. The van der Waals surface area contributed by atoms with Gasteiger partial charge in [-0.3, -0.25) is 14.2 Å². The summed E-state index contributed by atoms with van der Waals surface area (Å²) in [5.74, 6) is -1.94. The van der Waals surface area contributed by atoms with Crippen molar-refractivity contribution >= 4 is 46.8 Å². The highest BCUT2D eigenvalue weighted by Gasteiger charge is 2.20. The highest BCUT2D eigenvalue weighted by molar-refractivity contribution is 5.97. The number of carboxylic acids is 1. The molecule has 4 rings (SSSR count). The molecule has 0 spiro atoms. The Morgan fingerprint density at radius 3 is 2.43 bits per heavy atom. The van der Waals surface area contributed by atoms with Crippen LogP contribution in [0.15, 0.2) is 59.4 Å². The molecule has 0 radical (unpaired) electrons. The second kappa shape index (κ2) is 17.8. The first kappa shape index (κ1) is 35.9. The number of unbranched alkanes of at least 4 members (excludes halogenated alkanes) is 2. The normalized spacial score (nSPS) is 11.4. The van der Waals surface area contributed by atoms with Crippen LogP contribution < -0.4 is 32.7 Å². The molecule has 16 nitrogen and oxygen atoms in total. The minimum absolute atomic E-state index is 0.131. The van der Waals surface area contributed by atoms with E-state index in [0.717, 1.165) is 18.4 Å². The number of carbonyl (C=O) groups is 4. The summed E-state index contributed by atoms with van der Waals surface area (Å²) in [5, 5.41) is 20.1. The maximum Gasteiger partial charge on any atom is 0.407 e. The topological polar surface area (TPSA) is 235 Å². The number of carboxylic acid groups (broad SMARTS) is 1. The van der Waals surface area contributed by atoms with Gasteiger partial charge in [0.2, 0.25) is 11.9 Å². The van der Waals surface area contributed by atoms with E-state index in [1.807, 2.05) is 30.3 Å². The van der Waals surface area contributed by atoms with Gasteiger partial charge in [0.05, 0.1) is 13.1 Å². The summed E-state index contributed by atoms with van der Waals surface area (Å²) in [7, 11) is 0. The average molecular weight is 676 g/mol. The maximum absolute atomic E-state index is 12.7. The average Bonchev–Trinajstić information content (AvgIpc) is 3.41. The van der Waals surface area contributed by atoms with Crippen molar-refractivity contribution in [2.75, 3.05) is 30.7 Å². The molecular weight excluding hydrogens is 634 g/mol. The van der Waals surface area contributed by atoms with E-state index >= 15 is 0 Å². The van der Waals surface area contributed by atoms with Gasteiger partial charge >= 0.3 is 17.8 Å². The molecular formula is C33H41N9O7. The number of nitrogen functional groups attached to an aromatic ring is 1. The number of H-pyrrole nitrogens is 1. The van der Waals surface area contributed by atoms with E-state index in [0.29, 0.717) is 42.1 Å². The van der Waals surface area contributed by atoms with Gasteiger partial charge in [-0.05, 0) is 48.9 Å². The Balaban J connectivity index is 1.20. The van der Waals surface area contributed by atoms with Gasteiger partial charge in [0.15, 0.2) is 11.5 Å². The molecule has 2 heterocycles. The first-order chi connectivity index (χ1) is 23.6. The third-order valence-corrected chi connectivity index (χ3v) is 7.47. The van der Waals surface area contributed by atoms with Crippen molar-refractivity contribution in [3.8, 4) is 0 Å². The summed E-state index contributed by atoms with van der Waals surface area (Å²) < 4.78 is 6.56. The number of carbonyl (C=O) groups excluding carboxylic acids is 3. The molecule has 0 saturated carbocycles. The van der Waals surface area contributed by atoms with E-state index in [1.165, 1.54) is 4.57 Å². The Morgan fingerprint density at radius 1 is 0.959 bits per heavy atom. The minimum Gasteiger partial charge on any atom is -0.480 e. The first-order valence-electron chi connectivity index (χ1n) is 16.0. The molecule has 4 aromatic rings. The third kappa shape index (κ3) is 10.8. The van der Waals surface area contributed by atoms with Gasteiger partial charge in [-0.15, -0.1) is 0 Å². The van der Waals surface area contributed by atoms with Gasteiger partial charge in [-0.25, -0.2) is 14.4 Å². The number of ether oxygens (including phenoxy) is 1.